The molecule has 1 aromatic rings. The van der Waals surface area contributed by atoms with Crippen molar-refractivity contribution in [2.24, 2.45) is 0 Å². The predicted molar refractivity (Wildman–Crippen MR) is 63.9 cm³/mol. The Morgan fingerprint density at radius 3 is 3.06 bits per heavy atom. The van der Waals surface area contributed by atoms with Crippen molar-refractivity contribution < 1.29 is 9.53 Å². The minimum absolute atomic E-state index is 0.0624. The molecule has 17 heavy (non-hydrogen) atoms. The van der Waals surface area contributed by atoms with E-state index in [-0.39, 0.29) is 12.1 Å². The van der Waals surface area contributed by atoms with Crippen LogP contribution >= 0.6 is 0 Å². The maximum absolute atomic E-state index is 11.8. The molecule has 2 amide bonds. The van der Waals surface area contributed by atoms with Crippen LogP contribution in [0.5, 0.6) is 5.75 Å². The van der Waals surface area contributed by atoms with Crippen molar-refractivity contribution in [3.63, 3.8) is 0 Å². The number of hydrogen-bond acceptors (Lipinski definition) is 2. The molecule has 4 heteroatoms. The SMILES string of the molecule is Cc1ccc2c(c1)C1CC(C)(O2)N(C)C(=O)N1. The van der Waals surface area contributed by atoms with Crippen LogP contribution in [-0.2, 0) is 0 Å². The summed E-state index contributed by atoms with van der Waals surface area (Å²) in [5, 5.41) is 3.01. The summed E-state index contributed by atoms with van der Waals surface area (Å²) in [5.74, 6) is 0.876. The highest BCUT2D eigenvalue weighted by Crippen LogP contribution is 2.43. The zero-order valence-corrected chi connectivity index (χ0v) is 10.3. The van der Waals surface area contributed by atoms with E-state index >= 15 is 0 Å². The van der Waals surface area contributed by atoms with E-state index in [0.29, 0.717) is 0 Å². The number of amides is 2. The summed E-state index contributed by atoms with van der Waals surface area (Å²) >= 11 is 0. The first-order valence-electron chi connectivity index (χ1n) is 5.83. The topological polar surface area (TPSA) is 41.6 Å². The summed E-state index contributed by atoms with van der Waals surface area (Å²) in [5.41, 5.74) is 1.74. The van der Waals surface area contributed by atoms with Crippen LogP contribution in [-0.4, -0.2) is 23.7 Å². The first-order valence-corrected chi connectivity index (χ1v) is 5.83. The Morgan fingerprint density at radius 2 is 2.29 bits per heavy atom. The zero-order chi connectivity index (χ0) is 12.2. The van der Waals surface area contributed by atoms with Gasteiger partial charge in [-0.15, -0.1) is 0 Å². The summed E-state index contributed by atoms with van der Waals surface area (Å²) in [4.78, 5) is 13.5. The van der Waals surface area contributed by atoms with Gasteiger partial charge in [0.05, 0.1) is 6.04 Å². The second-order valence-corrected chi connectivity index (χ2v) is 5.08. The number of ether oxygens (including phenoxy) is 1. The first kappa shape index (κ1) is 10.4. The van der Waals surface area contributed by atoms with Crippen molar-refractivity contribution in [1.29, 1.82) is 0 Å². The van der Waals surface area contributed by atoms with Crippen LogP contribution in [0.2, 0.25) is 0 Å². The van der Waals surface area contributed by atoms with E-state index in [2.05, 4.69) is 11.4 Å². The predicted octanol–water partition coefficient (Wildman–Crippen LogP) is 2.19. The number of fused-ring (bicyclic) bond motifs is 4. The van der Waals surface area contributed by atoms with Crippen molar-refractivity contribution in [1.82, 2.24) is 10.2 Å². The van der Waals surface area contributed by atoms with E-state index in [1.54, 1.807) is 11.9 Å². The Balaban J connectivity index is 2.11. The monoisotopic (exact) mass is 232 g/mol. The summed E-state index contributed by atoms with van der Waals surface area (Å²) < 4.78 is 5.99. The smallest absolute Gasteiger partial charge is 0.320 e. The van der Waals surface area contributed by atoms with Crippen LogP contribution in [0.4, 0.5) is 4.79 Å². The number of aryl methyl sites for hydroxylation is 1. The molecule has 0 saturated carbocycles. The van der Waals surface area contributed by atoms with Gasteiger partial charge >= 0.3 is 6.03 Å². The lowest BCUT2D eigenvalue weighted by molar-refractivity contribution is -0.0719. The number of carbonyl (C=O) groups excluding carboxylic acids is 1. The average molecular weight is 232 g/mol. The molecule has 3 rings (SSSR count). The maximum atomic E-state index is 11.8. The minimum atomic E-state index is -0.532. The highest BCUT2D eigenvalue weighted by atomic mass is 16.5. The fourth-order valence-electron chi connectivity index (χ4n) is 2.60. The van der Waals surface area contributed by atoms with Gasteiger partial charge in [-0.25, -0.2) is 4.79 Å². The molecule has 2 atom stereocenters. The Labute approximate surface area is 101 Å². The van der Waals surface area contributed by atoms with Gasteiger partial charge in [0.15, 0.2) is 5.72 Å². The van der Waals surface area contributed by atoms with E-state index in [1.165, 1.54) is 5.56 Å². The molecule has 1 aromatic carbocycles. The van der Waals surface area contributed by atoms with Gasteiger partial charge in [-0.3, -0.25) is 4.90 Å². The van der Waals surface area contributed by atoms with Crippen molar-refractivity contribution >= 4 is 6.03 Å². The largest absolute Gasteiger partial charge is 0.468 e. The first-order chi connectivity index (χ1) is 7.99. The highest BCUT2D eigenvalue weighted by Gasteiger charge is 2.47. The molecule has 1 N–H and O–H groups in total. The van der Waals surface area contributed by atoms with Crippen LogP contribution in [0.1, 0.15) is 30.5 Å². The molecule has 1 saturated heterocycles. The Bertz CT molecular complexity index is 500. The van der Waals surface area contributed by atoms with Gasteiger partial charge in [-0.1, -0.05) is 17.7 Å². The molecule has 2 aliphatic rings. The van der Waals surface area contributed by atoms with Crippen molar-refractivity contribution in [3.05, 3.63) is 29.3 Å². The lowest BCUT2D eigenvalue weighted by Gasteiger charge is -2.49. The minimum Gasteiger partial charge on any atom is -0.468 e. The molecule has 0 aromatic heterocycles. The summed E-state index contributed by atoms with van der Waals surface area (Å²) in [7, 11) is 1.77. The van der Waals surface area contributed by atoms with Crippen molar-refractivity contribution in [3.8, 4) is 5.75 Å². The Kier molecular flexibility index (Phi) is 1.94. The van der Waals surface area contributed by atoms with E-state index in [9.17, 15) is 4.79 Å². The highest BCUT2D eigenvalue weighted by molar-refractivity contribution is 5.77. The molecule has 2 bridgehead atoms. The third-order valence-electron chi connectivity index (χ3n) is 3.77. The molecule has 0 spiro atoms. The Morgan fingerprint density at radius 1 is 1.53 bits per heavy atom. The molecule has 2 unspecified atom stereocenters. The summed E-state index contributed by atoms with van der Waals surface area (Å²) in [6.45, 7) is 4.01. The standard InChI is InChI=1S/C13H16N2O2/c1-8-4-5-11-9(6-8)10-7-13(2,17-11)15(3)12(16)14-10/h4-6,10H,7H2,1-3H3,(H,14,16). The fraction of sp³-hybridized carbons (Fsp3) is 0.462. The lowest BCUT2D eigenvalue weighted by Crippen LogP contribution is -2.63. The van der Waals surface area contributed by atoms with Crippen LogP contribution in [0.25, 0.3) is 0 Å². The van der Waals surface area contributed by atoms with Gasteiger partial charge in [-0.05, 0) is 19.9 Å². The molecule has 90 valence electrons. The molecule has 4 nitrogen and oxygen atoms in total. The number of urea groups is 1. The van der Waals surface area contributed by atoms with Crippen LogP contribution in [0, 0.1) is 6.92 Å². The molecule has 2 heterocycles. The van der Waals surface area contributed by atoms with Crippen LogP contribution in [0.3, 0.4) is 0 Å². The summed E-state index contributed by atoms with van der Waals surface area (Å²) in [6.07, 6.45) is 0.783. The number of carbonyl (C=O) groups is 1. The maximum Gasteiger partial charge on any atom is 0.320 e. The second kappa shape index (κ2) is 3.15. The lowest BCUT2D eigenvalue weighted by atomic mass is 9.90. The number of nitrogens with one attached hydrogen (secondary N) is 1. The van der Waals surface area contributed by atoms with Crippen LogP contribution < -0.4 is 10.1 Å². The number of benzene rings is 1. The Hall–Kier alpha value is -1.71. The van der Waals surface area contributed by atoms with Gasteiger partial charge in [0.1, 0.15) is 5.75 Å². The normalized spacial score (nSPS) is 30.4. The van der Waals surface area contributed by atoms with Crippen molar-refractivity contribution in [2.45, 2.75) is 32.0 Å². The third kappa shape index (κ3) is 1.40. The van der Waals surface area contributed by atoms with Gasteiger partial charge in [0.25, 0.3) is 0 Å². The molecule has 0 radical (unpaired) electrons. The number of nitrogens with zero attached hydrogens (tertiary/aromatic N) is 1. The van der Waals surface area contributed by atoms with E-state index in [4.69, 9.17) is 4.74 Å². The number of hydrogen-bond donors (Lipinski definition) is 1. The molecule has 1 fully saturated rings. The van der Waals surface area contributed by atoms with E-state index in [1.807, 2.05) is 26.0 Å². The quantitative estimate of drug-likeness (QED) is 0.745. The molecule has 2 aliphatic heterocycles. The van der Waals surface area contributed by atoms with Crippen molar-refractivity contribution in [2.75, 3.05) is 7.05 Å². The second-order valence-electron chi connectivity index (χ2n) is 5.08. The number of rotatable bonds is 0. The van der Waals surface area contributed by atoms with Crippen LogP contribution in [0.15, 0.2) is 18.2 Å². The summed E-state index contributed by atoms with van der Waals surface area (Å²) in [6, 6.07) is 6.10. The fourth-order valence-corrected chi connectivity index (χ4v) is 2.60. The third-order valence-corrected chi connectivity index (χ3v) is 3.77. The van der Waals surface area contributed by atoms with Gasteiger partial charge in [-0.2, -0.15) is 0 Å². The molecular weight excluding hydrogens is 216 g/mol. The average Bonchev–Trinajstić information content (AvgIpc) is 2.27. The molecular formula is C13H16N2O2. The van der Waals surface area contributed by atoms with Gasteiger partial charge in [0, 0.05) is 19.0 Å². The van der Waals surface area contributed by atoms with E-state index < -0.39 is 5.72 Å². The van der Waals surface area contributed by atoms with E-state index in [0.717, 1.165) is 17.7 Å². The zero-order valence-electron chi connectivity index (χ0n) is 10.3. The van der Waals surface area contributed by atoms with Gasteiger partial charge in [0.2, 0.25) is 0 Å². The molecule has 0 aliphatic carbocycles. The van der Waals surface area contributed by atoms with Gasteiger partial charge < -0.3 is 10.1 Å².